The van der Waals surface area contributed by atoms with Crippen LogP contribution in [0.2, 0.25) is 0 Å². The molecule has 15 heavy (non-hydrogen) atoms. The normalized spacial score (nSPS) is 10.3. The van der Waals surface area contributed by atoms with Gasteiger partial charge in [-0.25, -0.2) is 0 Å². The number of hydrogen-bond acceptors (Lipinski definition) is 2. The van der Waals surface area contributed by atoms with Crippen LogP contribution in [0.4, 0.5) is 0 Å². The lowest BCUT2D eigenvalue weighted by atomic mass is 10.1. The molecule has 2 aromatic rings. The highest BCUT2D eigenvalue weighted by atomic mass is 16.1. The summed E-state index contributed by atoms with van der Waals surface area (Å²) in [5, 5.41) is 4.18. The first-order valence-electron chi connectivity index (χ1n) is 4.78. The third kappa shape index (κ3) is 1.96. The van der Waals surface area contributed by atoms with Crippen molar-refractivity contribution in [1.29, 1.82) is 0 Å². The van der Waals surface area contributed by atoms with Gasteiger partial charge < -0.3 is 0 Å². The molecule has 1 aromatic heterocycles. The molecule has 3 heteroatoms. The van der Waals surface area contributed by atoms with Crippen molar-refractivity contribution in [3.8, 4) is 11.3 Å². The summed E-state index contributed by atoms with van der Waals surface area (Å²) >= 11 is 0. The van der Waals surface area contributed by atoms with Gasteiger partial charge in [0.05, 0.1) is 0 Å². The second kappa shape index (κ2) is 3.69. The Morgan fingerprint density at radius 3 is 2.47 bits per heavy atom. The molecule has 0 aliphatic carbocycles. The summed E-state index contributed by atoms with van der Waals surface area (Å²) in [7, 11) is 1.80. The maximum absolute atomic E-state index is 11.6. The van der Waals surface area contributed by atoms with Crippen LogP contribution in [-0.4, -0.2) is 9.78 Å². The second-order valence-electron chi connectivity index (χ2n) is 3.57. The quantitative estimate of drug-likeness (QED) is 0.703. The SMILES string of the molecule is Cc1ccc(-c2nn(C)ccc2=O)cc1. The Hall–Kier alpha value is -1.90. The lowest BCUT2D eigenvalue weighted by Gasteiger charge is -2.02. The topological polar surface area (TPSA) is 34.9 Å². The molecular formula is C12H12N2O. The van der Waals surface area contributed by atoms with E-state index in [9.17, 15) is 4.79 Å². The van der Waals surface area contributed by atoms with Crippen molar-refractivity contribution in [1.82, 2.24) is 9.78 Å². The Morgan fingerprint density at radius 1 is 1.13 bits per heavy atom. The zero-order valence-electron chi connectivity index (χ0n) is 8.77. The Morgan fingerprint density at radius 2 is 1.80 bits per heavy atom. The van der Waals surface area contributed by atoms with Crippen LogP contribution in [-0.2, 0) is 7.05 Å². The van der Waals surface area contributed by atoms with Gasteiger partial charge in [0.1, 0.15) is 5.69 Å². The summed E-state index contributed by atoms with van der Waals surface area (Å²) in [6.45, 7) is 2.01. The Kier molecular flexibility index (Phi) is 2.37. The molecule has 0 atom stereocenters. The minimum Gasteiger partial charge on any atom is -0.287 e. The molecule has 0 saturated carbocycles. The predicted octanol–water partition coefficient (Wildman–Crippen LogP) is 1.76. The van der Waals surface area contributed by atoms with E-state index in [0.29, 0.717) is 5.69 Å². The number of aryl methyl sites for hydroxylation is 2. The van der Waals surface area contributed by atoms with Crippen molar-refractivity contribution >= 4 is 0 Å². The van der Waals surface area contributed by atoms with Crippen LogP contribution >= 0.6 is 0 Å². The standard InChI is InChI=1S/C12H12N2O/c1-9-3-5-10(6-4-9)12-11(15)7-8-14(2)13-12/h3-8H,1-2H3. The average molecular weight is 200 g/mol. The molecule has 0 aliphatic rings. The van der Waals surface area contributed by atoms with Crippen molar-refractivity contribution in [3.05, 3.63) is 52.3 Å². The molecule has 0 fully saturated rings. The van der Waals surface area contributed by atoms with Crippen LogP contribution in [0.3, 0.4) is 0 Å². The monoisotopic (exact) mass is 200 g/mol. The van der Waals surface area contributed by atoms with Crippen molar-refractivity contribution in [2.75, 3.05) is 0 Å². The molecule has 0 bridgehead atoms. The highest BCUT2D eigenvalue weighted by Gasteiger charge is 2.03. The summed E-state index contributed by atoms with van der Waals surface area (Å²) < 4.78 is 1.64. The number of nitrogens with zero attached hydrogens (tertiary/aromatic N) is 2. The van der Waals surface area contributed by atoms with Crippen LogP contribution in [0.5, 0.6) is 0 Å². The maximum atomic E-state index is 11.6. The number of rotatable bonds is 1. The van der Waals surface area contributed by atoms with Crippen molar-refractivity contribution < 1.29 is 0 Å². The average Bonchev–Trinajstić information content (AvgIpc) is 2.23. The summed E-state index contributed by atoms with van der Waals surface area (Å²) in [4.78, 5) is 11.6. The molecule has 2 rings (SSSR count). The molecule has 0 radical (unpaired) electrons. The molecule has 0 unspecified atom stereocenters. The molecule has 76 valence electrons. The lowest BCUT2D eigenvalue weighted by Crippen LogP contribution is -2.10. The minimum atomic E-state index is -0.0445. The summed E-state index contributed by atoms with van der Waals surface area (Å²) in [6.07, 6.45) is 1.65. The van der Waals surface area contributed by atoms with Crippen LogP contribution in [0.25, 0.3) is 11.3 Å². The van der Waals surface area contributed by atoms with E-state index in [2.05, 4.69) is 5.10 Å². The van der Waals surface area contributed by atoms with E-state index in [1.165, 1.54) is 11.6 Å². The molecule has 1 heterocycles. The molecule has 3 nitrogen and oxygen atoms in total. The number of aromatic nitrogens is 2. The first-order valence-corrected chi connectivity index (χ1v) is 4.78. The molecule has 0 amide bonds. The maximum Gasteiger partial charge on any atom is 0.208 e. The van der Waals surface area contributed by atoms with Gasteiger partial charge in [-0.1, -0.05) is 29.8 Å². The van der Waals surface area contributed by atoms with Crippen LogP contribution < -0.4 is 5.43 Å². The van der Waals surface area contributed by atoms with Gasteiger partial charge in [0, 0.05) is 24.9 Å². The van der Waals surface area contributed by atoms with Crippen molar-refractivity contribution in [2.24, 2.45) is 7.05 Å². The highest BCUT2D eigenvalue weighted by Crippen LogP contribution is 2.12. The van der Waals surface area contributed by atoms with Gasteiger partial charge in [0.15, 0.2) is 0 Å². The molecule has 0 N–H and O–H groups in total. The summed E-state index contributed by atoms with van der Waals surface area (Å²) in [6, 6.07) is 9.31. The van der Waals surface area contributed by atoms with Crippen LogP contribution in [0.15, 0.2) is 41.3 Å². The summed E-state index contributed by atoms with van der Waals surface area (Å²) in [5.41, 5.74) is 2.49. The van der Waals surface area contributed by atoms with Gasteiger partial charge in [0.2, 0.25) is 5.43 Å². The fourth-order valence-electron chi connectivity index (χ4n) is 1.41. The van der Waals surface area contributed by atoms with E-state index in [-0.39, 0.29) is 5.43 Å². The second-order valence-corrected chi connectivity index (χ2v) is 3.57. The first kappa shape index (κ1) is 9.65. The highest BCUT2D eigenvalue weighted by molar-refractivity contribution is 5.58. The van der Waals surface area contributed by atoms with Gasteiger partial charge in [-0.05, 0) is 6.92 Å². The van der Waals surface area contributed by atoms with Crippen LogP contribution in [0, 0.1) is 6.92 Å². The molecule has 0 saturated heterocycles. The van der Waals surface area contributed by atoms with E-state index >= 15 is 0 Å². The van der Waals surface area contributed by atoms with E-state index in [1.54, 1.807) is 17.9 Å². The lowest BCUT2D eigenvalue weighted by molar-refractivity contribution is 0.739. The Labute approximate surface area is 88.0 Å². The zero-order valence-corrected chi connectivity index (χ0v) is 8.77. The van der Waals surface area contributed by atoms with E-state index in [4.69, 9.17) is 0 Å². The molecule has 0 spiro atoms. The molecular weight excluding hydrogens is 188 g/mol. The van der Waals surface area contributed by atoms with Gasteiger partial charge in [-0.2, -0.15) is 5.10 Å². The molecule has 0 aliphatic heterocycles. The fourth-order valence-corrected chi connectivity index (χ4v) is 1.41. The van der Waals surface area contributed by atoms with Gasteiger partial charge in [-0.15, -0.1) is 0 Å². The van der Waals surface area contributed by atoms with Gasteiger partial charge in [-0.3, -0.25) is 9.48 Å². The first-order chi connectivity index (χ1) is 7.16. The smallest absolute Gasteiger partial charge is 0.208 e. The number of benzene rings is 1. The zero-order chi connectivity index (χ0) is 10.8. The predicted molar refractivity (Wildman–Crippen MR) is 59.7 cm³/mol. The number of hydrogen-bond donors (Lipinski definition) is 0. The van der Waals surface area contributed by atoms with Gasteiger partial charge in [0.25, 0.3) is 0 Å². The third-order valence-corrected chi connectivity index (χ3v) is 2.26. The van der Waals surface area contributed by atoms with Gasteiger partial charge >= 0.3 is 0 Å². The van der Waals surface area contributed by atoms with Crippen LogP contribution in [0.1, 0.15) is 5.56 Å². The molecule has 1 aromatic carbocycles. The Bertz CT molecular complexity index is 526. The van der Waals surface area contributed by atoms with E-state index in [0.717, 1.165) is 5.56 Å². The largest absolute Gasteiger partial charge is 0.287 e. The van der Waals surface area contributed by atoms with Crippen molar-refractivity contribution in [3.63, 3.8) is 0 Å². The summed E-state index contributed by atoms with van der Waals surface area (Å²) in [5.74, 6) is 0. The minimum absolute atomic E-state index is 0.0445. The Balaban J connectivity index is 2.58. The van der Waals surface area contributed by atoms with E-state index < -0.39 is 0 Å². The third-order valence-electron chi connectivity index (χ3n) is 2.26. The van der Waals surface area contributed by atoms with E-state index in [1.807, 2.05) is 31.2 Å². The van der Waals surface area contributed by atoms with Crippen molar-refractivity contribution in [2.45, 2.75) is 6.92 Å². The fraction of sp³-hybridized carbons (Fsp3) is 0.167.